The number of carbonyl (C=O) groups is 1. The third-order valence-corrected chi connectivity index (χ3v) is 5.25. The Labute approximate surface area is 127 Å². The predicted octanol–water partition coefficient (Wildman–Crippen LogP) is 3.48. The lowest BCUT2D eigenvalue weighted by atomic mass is 9.68. The Hall–Kier alpha value is -1.35. The molecule has 2 fully saturated rings. The van der Waals surface area contributed by atoms with E-state index < -0.39 is 0 Å². The molecule has 1 heterocycles. The summed E-state index contributed by atoms with van der Waals surface area (Å²) in [6, 6.07) is 8.73. The molecule has 1 aromatic carbocycles. The highest BCUT2D eigenvalue weighted by molar-refractivity contribution is 5.84. The third-order valence-electron chi connectivity index (χ3n) is 5.25. The number of methoxy groups -OCH3 is 1. The Kier molecular flexibility index (Phi) is 4.03. The zero-order valence-electron chi connectivity index (χ0n) is 13.1. The van der Waals surface area contributed by atoms with E-state index in [4.69, 9.17) is 4.74 Å². The van der Waals surface area contributed by atoms with E-state index in [0.29, 0.717) is 12.5 Å². The van der Waals surface area contributed by atoms with Crippen LogP contribution in [0.3, 0.4) is 0 Å². The molecule has 0 radical (unpaired) electrons. The molecule has 1 saturated heterocycles. The first kappa shape index (κ1) is 14.6. The molecule has 0 bridgehead atoms. The minimum absolute atomic E-state index is 0.236. The highest BCUT2D eigenvalue weighted by atomic mass is 16.5. The molecule has 1 aliphatic heterocycles. The van der Waals surface area contributed by atoms with Gasteiger partial charge in [0.1, 0.15) is 0 Å². The number of aryl methyl sites for hydroxylation is 1. The molecule has 3 nitrogen and oxygen atoms in total. The van der Waals surface area contributed by atoms with Crippen molar-refractivity contribution in [1.82, 2.24) is 4.90 Å². The van der Waals surface area contributed by atoms with Gasteiger partial charge in [-0.05, 0) is 43.7 Å². The van der Waals surface area contributed by atoms with E-state index in [1.54, 1.807) is 7.11 Å². The van der Waals surface area contributed by atoms with E-state index in [2.05, 4.69) is 36.1 Å². The van der Waals surface area contributed by atoms with Crippen molar-refractivity contribution < 1.29 is 9.53 Å². The molecule has 1 atom stereocenters. The van der Waals surface area contributed by atoms with Crippen molar-refractivity contribution in [2.45, 2.75) is 45.1 Å². The Morgan fingerprint density at radius 2 is 2.10 bits per heavy atom. The lowest BCUT2D eigenvalue weighted by Crippen LogP contribution is -2.50. The van der Waals surface area contributed by atoms with Crippen molar-refractivity contribution in [2.24, 2.45) is 5.41 Å². The van der Waals surface area contributed by atoms with E-state index in [-0.39, 0.29) is 11.5 Å². The second kappa shape index (κ2) is 5.80. The van der Waals surface area contributed by atoms with Crippen molar-refractivity contribution in [3.8, 4) is 0 Å². The summed E-state index contributed by atoms with van der Waals surface area (Å²) >= 11 is 0. The fourth-order valence-corrected chi connectivity index (χ4v) is 3.90. The average molecular weight is 287 g/mol. The number of carbonyl (C=O) groups excluding carboxylic acids is 1. The first-order chi connectivity index (χ1) is 10.2. The van der Waals surface area contributed by atoms with Gasteiger partial charge in [-0.3, -0.25) is 4.79 Å². The molecule has 3 rings (SSSR count). The van der Waals surface area contributed by atoms with Crippen LogP contribution in [0.1, 0.15) is 49.3 Å². The summed E-state index contributed by atoms with van der Waals surface area (Å²) in [7, 11) is 1.70. The minimum atomic E-state index is -0.236. The molecule has 0 N–H and O–H groups in total. The van der Waals surface area contributed by atoms with E-state index in [9.17, 15) is 4.79 Å². The molecule has 0 unspecified atom stereocenters. The van der Waals surface area contributed by atoms with Crippen molar-refractivity contribution in [2.75, 3.05) is 20.3 Å². The van der Waals surface area contributed by atoms with Gasteiger partial charge in [-0.2, -0.15) is 0 Å². The van der Waals surface area contributed by atoms with Gasteiger partial charge in [0.15, 0.2) is 0 Å². The molecule has 0 aromatic heterocycles. The van der Waals surface area contributed by atoms with Gasteiger partial charge in [-0.1, -0.05) is 30.7 Å². The number of hydrogen-bond donors (Lipinski definition) is 0. The summed E-state index contributed by atoms with van der Waals surface area (Å²) in [5.41, 5.74) is 2.37. The molecular weight excluding hydrogens is 262 g/mol. The molecule has 1 aromatic rings. The van der Waals surface area contributed by atoms with Crippen LogP contribution in [0.15, 0.2) is 24.3 Å². The molecule has 2 aliphatic rings. The molecule has 1 saturated carbocycles. The van der Waals surface area contributed by atoms with Gasteiger partial charge in [0.05, 0.1) is 18.1 Å². The quantitative estimate of drug-likeness (QED) is 0.848. The summed E-state index contributed by atoms with van der Waals surface area (Å²) in [5.74, 6) is 0.321. The SMILES string of the molecule is COCC1(C(=O)N2CCC[C@H]2c2ccccc2C)CCC1. The highest BCUT2D eigenvalue weighted by Gasteiger charge is 2.48. The second-order valence-electron chi connectivity index (χ2n) is 6.58. The topological polar surface area (TPSA) is 29.5 Å². The maximum Gasteiger partial charge on any atom is 0.231 e. The number of rotatable bonds is 4. The van der Waals surface area contributed by atoms with E-state index in [1.807, 2.05) is 0 Å². The van der Waals surface area contributed by atoms with Crippen LogP contribution in [0.25, 0.3) is 0 Å². The Morgan fingerprint density at radius 1 is 1.33 bits per heavy atom. The Bertz CT molecular complexity index is 522. The van der Waals surface area contributed by atoms with Crippen LogP contribution in [0.4, 0.5) is 0 Å². The van der Waals surface area contributed by atoms with Crippen LogP contribution >= 0.6 is 0 Å². The van der Waals surface area contributed by atoms with Crippen molar-refractivity contribution >= 4 is 5.91 Å². The number of likely N-dealkylation sites (tertiary alicyclic amines) is 1. The van der Waals surface area contributed by atoms with Gasteiger partial charge >= 0.3 is 0 Å². The van der Waals surface area contributed by atoms with Crippen LogP contribution < -0.4 is 0 Å². The number of nitrogens with zero attached hydrogens (tertiary/aromatic N) is 1. The summed E-state index contributed by atoms with van der Waals surface area (Å²) in [5, 5.41) is 0. The fourth-order valence-electron chi connectivity index (χ4n) is 3.90. The predicted molar refractivity (Wildman–Crippen MR) is 83.0 cm³/mol. The first-order valence-electron chi connectivity index (χ1n) is 8.03. The minimum Gasteiger partial charge on any atom is -0.384 e. The van der Waals surface area contributed by atoms with Crippen molar-refractivity contribution in [1.29, 1.82) is 0 Å². The van der Waals surface area contributed by atoms with Gasteiger partial charge in [-0.25, -0.2) is 0 Å². The standard InChI is InChI=1S/C18H25NO2/c1-14-7-3-4-8-15(14)16-9-5-12-19(16)17(20)18(13-21-2)10-6-11-18/h3-4,7-8,16H,5-6,9-13H2,1-2H3/t16-/m0/s1. The van der Waals surface area contributed by atoms with Crippen molar-refractivity contribution in [3.63, 3.8) is 0 Å². The summed E-state index contributed by atoms with van der Waals surface area (Å²) in [6.45, 7) is 3.61. The maximum atomic E-state index is 13.1. The molecule has 1 amide bonds. The average Bonchev–Trinajstić information content (AvgIpc) is 2.91. The van der Waals surface area contributed by atoms with E-state index >= 15 is 0 Å². The normalized spacial score (nSPS) is 23.9. The number of amides is 1. The van der Waals surface area contributed by atoms with Gasteiger partial charge in [0.2, 0.25) is 5.91 Å². The van der Waals surface area contributed by atoms with Crippen LogP contribution in [-0.4, -0.2) is 31.1 Å². The lowest BCUT2D eigenvalue weighted by molar-refractivity contribution is -0.153. The summed E-state index contributed by atoms with van der Waals surface area (Å²) in [6.07, 6.45) is 5.30. The molecule has 114 valence electrons. The third kappa shape index (κ3) is 2.48. The number of benzene rings is 1. The molecule has 1 aliphatic carbocycles. The smallest absolute Gasteiger partial charge is 0.231 e. The number of ether oxygens (including phenoxy) is 1. The van der Waals surface area contributed by atoms with E-state index in [0.717, 1.165) is 38.6 Å². The Morgan fingerprint density at radius 3 is 2.71 bits per heavy atom. The summed E-state index contributed by atoms with van der Waals surface area (Å²) < 4.78 is 5.35. The monoisotopic (exact) mass is 287 g/mol. The molecule has 21 heavy (non-hydrogen) atoms. The van der Waals surface area contributed by atoms with Crippen LogP contribution in [0.5, 0.6) is 0 Å². The lowest BCUT2D eigenvalue weighted by Gasteiger charge is -2.43. The van der Waals surface area contributed by atoms with Gasteiger partial charge in [0, 0.05) is 13.7 Å². The molecule has 0 spiro atoms. The highest BCUT2D eigenvalue weighted by Crippen LogP contribution is 2.46. The molecule has 3 heteroatoms. The van der Waals surface area contributed by atoms with E-state index in [1.165, 1.54) is 11.1 Å². The van der Waals surface area contributed by atoms with Crippen LogP contribution in [-0.2, 0) is 9.53 Å². The van der Waals surface area contributed by atoms with Gasteiger partial charge < -0.3 is 9.64 Å². The number of hydrogen-bond acceptors (Lipinski definition) is 2. The fraction of sp³-hybridized carbons (Fsp3) is 0.611. The summed E-state index contributed by atoms with van der Waals surface area (Å²) in [4.78, 5) is 15.2. The Balaban J connectivity index is 1.84. The zero-order valence-corrected chi connectivity index (χ0v) is 13.1. The largest absolute Gasteiger partial charge is 0.384 e. The van der Waals surface area contributed by atoms with Crippen LogP contribution in [0, 0.1) is 12.3 Å². The maximum absolute atomic E-state index is 13.1. The second-order valence-corrected chi connectivity index (χ2v) is 6.58. The first-order valence-corrected chi connectivity index (χ1v) is 8.03. The van der Waals surface area contributed by atoms with Crippen LogP contribution in [0.2, 0.25) is 0 Å². The van der Waals surface area contributed by atoms with Gasteiger partial charge in [0.25, 0.3) is 0 Å². The zero-order chi connectivity index (χ0) is 14.9. The van der Waals surface area contributed by atoms with Crippen molar-refractivity contribution in [3.05, 3.63) is 35.4 Å². The van der Waals surface area contributed by atoms with Gasteiger partial charge in [-0.15, -0.1) is 0 Å². The molecular formula is C18H25NO2.